The zero-order valence-electron chi connectivity index (χ0n) is 11.0. The van der Waals surface area contributed by atoms with Crippen molar-refractivity contribution in [2.75, 3.05) is 0 Å². The summed E-state index contributed by atoms with van der Waals surface area (Å²) >= 11 is 11.6. The van der Waals surface area contributed by atoms with Crippen LogP contribution >= 0.6 is 23.2 Å². The van der Waals surface area contributed by atoms with Crippen molar-refractivity contribution in [3.05, 3.63) is 27.7 Å². The normalized spacial score (nSPS) is 13.1. The molecule has 0 radical (unpaired) electrons. The molecule has 0 aliphatic heterocycles. The van der Waals surface area contributed by atoms with E-state index in [4.69, 9.17) is 33.1 Å². The van der Waals surface area contributed by atoms with Gasteiger partial charge in [0, 0.05) is 0 Å². The molecule has 0 aliphatic carbocycles. The second-order valence-electron chi connectivity index (χ2n) is 4.32. The molecular weight excluding hydrogens is 325 g/mol. The van der Waals surface area contributed by atoms with Crippen LogP contribution < -0.4 is 5.14 Å². The Bertz CT molecular complexity index is 616. The molecule has 0 aliphatic rings. The third-order valence-corrected chi connectivity index (χ3v) is 4.39. The van der Waals surface area contributed by atoms with Crippen molar-refractivity contribution in [3.63, 3.8) is 0 Å². The second-order valence-corrected chi connectivity index (χ2v) is 6.63. The Labute approximate surface area is 128 Å². The Morgan fingerprint density at radius 2 is 2.00 bits per heavy atom. The standard InChI is InChI=1S/C12H15Cl2NO4S/c1-3-4-7(2)19-12(16)8-5-9(13)11(14)10(6-8)20(15,17)18/h5-7H,3-4H2,1-2H3,(H2,15,17,18). The molecular formula is C12H15Cl2NO4S. The van der Waals surface area contributed by atoms with E-state index in [0.717, 1.165) is 12.5 Å². The van der Waals surface area contributed by atoms with Crippen molar-refractivity contribution < 1.29 is 17.9 Å². The van der Waals surface area contributed by atoms with E-state index in [1.807, 2.05) is 6.92 Å². The number of primary sulfonamides is 1. The number of halogens is 2. The number of esters is 1. The summed E-state index contributed by atoms with van der Waals surface area (Å²) < 4.78 is 27.9. The molecule has 0 amide bonds. The van der Waals surface area contributed by atoms with Crippen LogP contribution in [0.5, 0.6) is 0 Å². The summed E-state index contributed by atoms with van der Waals surface area (Å²) in [7, 11) is -4.07. The Balaban J connectivity index is 3.15. The molecule has 0 heterocycles. The Morgan fingerprint density at radius 3 is 2.50 bits per heavy atom. The zero-order chi connectivity index (χ0) is 15.5. The molecule has 1 unspecified atom stereocenters. The van der Waals surface area contributed by atoms with Crippen molar-refractivity contribution in [1.29, 1.82) is 0 Å². The van der Waals surface area contributed by atoms with E-state index in [2.05, 4.69) is 0 Å². The highest BCUT2D eigenvalue weighted by atomic mass is 35.5. The molecule has 0 spiro atoms. The largest absolute Gasteiger partial charge is 0.459 e. The lowest BCUT2D eigenvalue weighted by Crippen LogP contribution is -2.17. The fourth-order valence-corrected chi connectivity index (χ4v) is 2.96. The second kappa shape index (κ2) is 6.76. The fraction of sp³-hybridized carbons (Fsp3) is 0.417. The van der Waals surface area contributed by atoms with E-state index in [9.17, 15) is 13.2 Å². The first-order valence-electron chi connectivity index (χ1n) is 5.89. The number of nitrogens with two attached hydrogens (primary N) is 1. The lowest BCUT2D eigenvalue weighted by atomic mass is 10.2. The number of ether oxygens (including phenoxy) is 1. The van der Waals surface area contributed by atoms with Crippen LogP contribution in [0.4, 0.5) is 0 Å². The minimum absolute atomic E-state index is 0.00798. The molecule has 5 nitrogen and oxygen atoms in total. The van der Waals surface area contributed by atoms with Gasteiger partial charge in [-0.3, -0.25) is 0 Å². The highest BCUT2D eigenvalue weighted by molar-refractivity contribution is 7.89. The van der Waals surface area contributed by atoms with Gasteiger partial charge in [0.25, 0.3) is 0 Å². The summed E-state index contributed by atoms with van der Waals surface area (Å²) in [6.45, 7) is 3.71. The van der Waals surface area contributed by atoms with E-state index in [0.29, 0.717) is 6.42 Å². The molecule has 0 saturated carbocycles. The molecule has 2 N–H and O–H groups in total. The number of carbonyl (C=O) groups excluding carboxylic acids is 1. The maximum atomic E-state index is 11.9. The Hall–Kier alpha value is -0.820. The van der Waals surface area contributed by atoms with Gasteiger partial charge >= 0.3 is 5.97 Å². The first-order valence-corrected chi connectivity index (χ1v) is 8.19. The van der Waals surface area contributed by atoms with Gasteiger partial charge in [0.1, 0.15) is 4.90 Å². The van der Waals surface area contributed by atoms with Gasteiger partial charge in [0.2, 0.25) is 10.0 Å². The quantitative estimate of drug-likeness (QED) is 0.835. The topological polar surface area (TPSA) is 86.5 Å². The monoisotopic (exact) mass is 339 g/mol. The summed E-state index contributed by atoms with van der Waals surface area (Å²) in [6, 6.07) is 2.31. The van der Waals surface area contributed by atoms with Crippen LogP contribution in [-0.4, -0.2) is 20.5 Å². The summed E-state index contributed by atoms with van der Waals surface area (Å²) in [5, 5.41) is 4.73. The van der Waals surface area contributed by atoms with Crippen molar-refractivity contribution >= 4 is 39.2 Å². The Kier molecular flexibility index (Phi) is 5.82. The van der Waals surface area contributed by atoms with Crippen LogP contribution in [0.2, 0.25) is 10.0 Å². The third-order valence-electron chi connectivity index (χ3n) is 2.54. The maximum Gasteiger partial charge on any atom is 0.338 e. The van der Waals surface area contributed by atoms with Gasteiger partial charge in [-0.2, -0.15) is 0 Å². The molecule has 1 atom stereocenters. The molecule has 1 aromatic rings. The predicted octanol–water partition coefficient (Wildman–Crippen LogP) is 2.99. The number of carbonyl (C=O) groups is 1. The minimum atomic E-state index is -4.07. The third kappa shape index (κ3) is 4.34. The number of hydrogen-bond donors (Lipinski definition) is 1. The lowest BCUT2D eigenvalue weighted by Gasteiger charge is -2.13. The SMILES string of the molecule is CCCC(C)OC(=O)c1cc(Cl)c(Cl)c(S(N)(=O)=O)c1. The lowest BCUT2D eigenvalue weighted by molar-refractivity contribution is 0.0323. The van der Waals surface area contributed by atoms with Gasteiger partial charge in [-0.1, -0.05) is 36.5 Å². The molecule has 0 saturated heterocycles. The van der Waals surface area contributed by atoms with Crippen LogP contribution in [0.3, 0.4) is 0 Å². The van der Waals surface area contributed by atoms with E-state index in [-0.39, 0.29) is 21.7 Å². The number of hydrogen-bond acceptors (Lipinski definition) is 4. The van der Waals surface area contributed by atoms with E-state index < -0.39 is 20.9 Å². The van der Waals surface area contributed by atoms with Crippen LogP contribution in [0, 0.1) is 0 Å². The van der Waals surface area contributed by atoms with Crippen molar-refractivity contribution in [3.8, 4) is 0 Å². The summed E-state index contributed by atoms with van der Waals surface area (Å²) in [4.78, 5) is 11.5. The molecule has 8 heteroatoms. The van der Waals surface area contributed by atoms with E-state index >= 15 is 0 Å². The van der Waals surface area contributed by atoms with Crippen LogP contribution in [0.1, 0.15) is 37.0 Å². The molecule has 20 heavy (non-hydrogen) atoms. The zero-order valence-corrected chi connectivity index (χ0v) is 13.3. The fourth-order valence-electron chi connectivity index (χ4n) is 1.60. The highest BCUT2D eigenvalue weighted by Crippen LogP contribution is 2.30. The van der Waals surface area contributed by atoms with Crippen molar-refractivity contribution in [2.45, 2.75) is 37.7 Å². The average Bonchev–Trinajstić information content (AvgIpc) is 2.30. The smallest absolute Gasteiger partial charge is 0.338 e. The summed E-state index contributed by atoms with van der Waals surface area (Å²) in [5.74, 6) is -0.672. The molecule has 0 bridgehead atoms. The van der Waals surface area contributed by atoms with Crippen molar-refractivity contribution in [1.82, 2.24) is 0 Å². The number of sulfonamides is 1. The highest BCUT2D eigenvalue weighted by Gasteiger charge is 2.21. The predicted molar refractivity (Wildman–Crippen MR) is 77.6 cm³/mol. The Morgan fingerprint density at radius 1 is 1.40 bits per heavy atom. The van der Waals surface area contributed by atoms with E-state index in [1.165, 1.54) is 6.07 Å². The van der Waals surface area contributed by atoms with Crippen LogP contribution in [-0.2, 0) is 14.8 Å². The maximum absolute atomic E-state index is 11.9. The van der Waals surface area contributed by atoms with Gasteiger partial charge in [-0.25, -0.2) is 18.4 Å². The van der Waals surface area contributed by atoms with Gasteiger partial charge in [-0.15, -0.1) is 0 Å². The minimum Gasteiger partial charge on any atom is -0.459 e. The number of rotatable bonds is 5. The molecule has 0 fully saturated rings. The van der Waals surface area contributed by atoms with Crippen molar-refractivity contribution in [2.24, 2.45) is 5.14 Å². The summed E-state index contributed by atoms with van der Waals surface area (Å²) in [6.07, 6.45) is 1.28. The van der Waals surface area contributed by atoms with Gasteiger partial charge in [0.05, 0.1) is 21.7 Å². The molecule has 1 rings (SSSR count). The van der Waals surface area contributed by atoms with Gasteiger partial charge in [-0.05, 0) is 25.5 Å². The average molecular weight is 340 g/mol. The van der Waals surface area contributed by atoms with Crippen LogP contribution in [0.25, 0.3) is 0 Å². The molecule has 1 aromatic carbocycles. The molecule has 0 aromatic heterocycles. The first kappa shape index (κ1) is 17.2. The van der Waals surface area contributed by atoms with Gasteiger partial charge < -0.3 is 4.74 Å². The first-order chi connectivity index (χ1) is 9.16. The van der Waals surface area contributed by atoms with Gasteiger partial charge in [0.15, 0.2) is 0 Å². The van der Waals surface area contributed by atoms with Crippen LogP contribution in [0.15, 0.2) is 17.0 Å². The number of benzene rings is 1. The van der Waals surface area contributed by atoms with E-state index in [1.54, 1.807) is 6.92 Å². The summed E-state index contributed by atoms with van der Waals surface area (Å²) in [5.41, 5.74) is -0.00798. The molecule has 112 valence electrons.